The second-order valence-electron chi connectivity index (χ2n) is 3.96. The van der Waals surface area contributed by atoms with Crippen LogP contribution >= 0.6 is 23.2 Å². The predicted molar refractivity (Wildman–Crippen MR) is 67.8 cm³/mol. The standard InChI is InChI=1S/C12H13Cl2NO2/c13-9-2-1-8(5-10(9)14)6-11(16)12-7-15-3-4-17-12/h1-2,5,12,15H,3-4,6-7H2. The van der Waals surface area contributed by atoms with Crippen LogP contribution in [0.3, 0.4) is 0 Å². The molecule has 0 bridgehead atoms. The van der Waals surface area contributed by atoms with Gasteiger partial charge in [-0.2, -0.15) is 0 Å². The highest BCUT2D eigenvalue weighted by molar-refractivity contribution is 6.42. The van der Waals surface area contributed by atoms with E-state index in [4.69, 9.17) is 27.9 Å². The quantitative estimate of drug-likeness (QED) is 0.917. The maximum Gasteiger partial charge on any atom is 0.167 e. The molecule has 2 rings (SSSR count). The van der Waals surface area contributed by atoms with Gasteiger partial charge in [0.1, 0.15) is 6.10 Å². The lowest BCUT2D eigenvalue weighted by Crippen LogP contribution is -2.43. The Morgan fingerprint density at radius 3 is 2.88 bits per heavy atom. The van der Waals surface area contributed by atoms with Gasteiger partial charge in [0.25, 0.3) is 0 Å². The molecule has 1 fully saturated rings. The van der Waals surface area contributed by atoms with Crippen LogP contribution in [0.25, 0.3) is 0 Å². The van der Waals surface area contributed by atoms with E-state index in [1.807, 2.05) is 6.07 Å². The molecule has 1 saturated heterocycles. The SMILES string of the molecule is O=C(Cc1ccc(Cl)c(Cl)c1)C1CNCCO1. The van der Waals surface area contributed by atoms with E-state index in [1.54, 1.807) is 12.1 Å². The van der Waals surface area contributed by atoms with Gasteiger partial charge in [0.05, 0.1) is 16.7 Å². The average Bonchev–Trinajstić information content (AvgIpc) is 2.35. The van der Waals surface area contributed by atoms with Crippen molar-refractivity contribution < 1.29 is 9.53 Å². The lowest BCUT2D eigenvalue weighted by atomic mass is 10.0. The highest BCUT2D eigenvalue weighted by Gasteiger charge is 2.21. The van der Waals surface area contributed by atoms with Crippen molar-refractivity contribution in [1.29, 1.82) is 0 Å². The lowest BCUT2D eigenvalue weighted by molar-refractivity contribution is -0.131. The Kier molecular flexibility index (Phi) is 4.40. The highest BCUT2D eigenvalue weighted by Crippen LogP contribution is 2.23. The normalized spacial score (nSPS) is 20.2. The molecule has 1 aromatic rings. The van der Waals surface area contributed by atoms with Crippen LogP contribution < -0.4 is 5.32 Å². The van der Waals surface area contributed by atoms with Crippen LogP contribution in [0.2, 0.25) is 10.0 Å². The molecule has 1 heterocycles. The van der Waals surface area contributed by atoms with E-state index in [0.29, 0.717) is 29.6 Å². The fourth-order valence-electron chi connectivity index (χ4n) is 1.74. The molecule has 1 aliphatic heterocycles. The van der Waals surface area contributed by atoms with Crippen LogP contribution in [0, 0.1) is 0 Å². The maximum absolute atomic E-state index is 11.9. The Bertz CT molecular complexity index is 417. The first kappa shape index (κ1) is 12.8. The summed E-state index contributed by atoms with van der Waals surface area (Å²) in [6.07, 6.45) is -0.0262. The molecule has 1 atom stereocenters. The predicted octanol–water partition coefficient (Wildman–Crippen LogP) is 2.09. The minimum atomic E-state index is -0.349. The molecular weight excluding hydrogens is 261 g/mol. The number of benzene rings is 1. The fourth-order valence-corrected chi connectivity index (χ4v) is 2.06. The zero-order valence-corrected chi connectivity index (χ0v) is 10.7. The van der Waals surface area contributed by atoms with E-state index >= 15 is 0 Å². The van der Waals surface area contributed by atoms with E-state index < -0.39 is 0 Å². The van der Waals surface area contributed by atoms with Crippen LogP contribution in [0.1, 0.15) is 5.56 Å². The number of ketones is 1. The van der Waals surface area contributed by atoms with Crippen molar-refractivity contribution in [2.45, 2.75) is 12.5 Å². The maximum atomic E-state index is 11.9. The van der Waals surface area contributed by atoms with Crippen LogP contribution in [-0.4, -0.2) is 31.6 Å². The van der Waals surface area contributed by atoms with Gasteiger partial charge < -0.3 is 10.1 Å². The van der Waals surface area contributed by atoms with Gasteiger partial charge in [-0.1, -0.05) is 29.3 Å². The summed E-state index contributed by atoms with van der Waals surface area (Å²) < 4.78 is 5.39. The number of halogens is 2. The van der Waals surface area contributed by atoms with Crippen molar-refractivity contribution in [2.75, 3.05) is 19.7 Å². The minimum absolute atomic E-state index is 0.0654. The summed E-state index contributed by atoms with van der Waals surface area (Å²) >= 11 is 11.7. The van der Waals surface area contributed by atoms with Crippen molar-refractivity contribution in [2.24, 2.45) is 0 Å². The van der Waals surface area contributed by atoms with Crippen molar-refractivity contribution in [3.05, 3.63) is 33.8 Å². The molecule has 92 valence electrons. The van der Waals surface area contributed by atoms with Gasteiger partial charge in [0, 0.05) is 19.5 Å². The van der Waals surface area contributed by atoms with Crippen molar-refractivity contribution in [1.82, 2.24) is 5.32 Å². The molecule has 0 spiro atoms. The fraction of sp³-hybridized carbons (Fsp3) is 0.417. The molecule has 0 radical (unpaired) electrons. The number of carbonyl (C=O) groups is 1. The Balaban J connectivity index is 1.99. The third-order valence-corrected chi connectivity index (χ3v) is 3.39. The third kappa shape index (κ3) is 3.42. The second-order valence-corrected chi connectivity index (χ2v) is 4.77. The summed E-state index contributed by atoms with van der Waals surface area (Å²) in [7, 11) is 0. The minimum Gasteiger partial charge on any atom is -0.368 e. The monoisotopic (exact) mass is 273 g/mol. The number of morpholine rings is 1. The van der Waals surface area contributed by atoms with Crippen molar-refractivity contribution in [3.8, 4) is 0 Å². The number of carbonyl (C=O) groups excluding carboxylic acids is 1. The van der Waals surface area contributed by atoms with Gasteiger partial charge in [-0.15, -0.1) is 0 Å². The molecule has 0 aliphatic carbocycles. The average molecular weight is 274 g/mol. The van der Waals surface area contributed by atoms with Gasteiger partial charge in [0.2, 0.25) is 0 Å². The van der Waals surface area contributed by atoms with Crippen molar-refractivity contribution >= 4 is 29.0 Å². The van der Waals surface area contributed by atoms with Crippen LogP contribution in [0.4, 0.5) is 0 Å². The Hall–Kier alpha value is -0.610. The smallest absolute Gasteiger partial charge is 0.167 e. The summed E-state index contributed by atoms with van der Waals surface area (Å²) in [6.45, 7) is 1.97. The molecular formula is C12H13Cl2NO2. The number of nitrogens with one attached hydrogen (secondary N) is 1. The first-order valence-electron chi connectivity index (χ1n) is 5.46. The number of hydrogen-bond acceptors (Lipinski definition) is 3. The molecule has 0 saturated carbocycles. The molecule has 1 N–H and O–H groups in total. The molecule has 17 heavy (non-hydrogen) atoms. The molecule has 1 aliphatic rings. The molecule has 5 heteroatoms. The van der Waals surface area contributed by atoms with E-state index in [0.717, 1.165) is 12.1 Å². The first-order chi connectivity index (χ1) is 8.16. The summed E-state index contributed by atoms with van der Waals surface area (Å²) in [6, 6.07) is 5.23. The Labute approximate surface area is 110 Å². The zero-order chi connectivity index (χ0) is 12.3. The zero-order valence-electron chi connectivity index (χ0n) is 9.21. The molecule has 0 amide bonds. The molecule has 3 nitrogen and oxygen atoms in total. The summed E-state index contributed by atoms with van der Waals surface area (Å²) in [5.41, 5.74) is 0.860. The van der Waals surface area contributed by atoms with Gasteiger partial charge in [-0.3, -0.25) is 4.79 Å². The Morgan fingerprint density at radius 1 is 1.41 bits per heavy atom. The molecule has 1 aromatic carbocycles. The summed E-state index contributed by atoms with van der Waals surface area (Å²) in [4.78, 5) is 11.9. The first-order valence-corrected chi connectivity index (χ1v) is 6.21. The van der Waals surface area contributed by atoms with Crippen molar-refractivity contribution in [3.63, 3.8) is 0 Å². The summed E-state index contributed by atoms with van der Waals surface area (Å²) in [5, 5.41) is 4.10. The van der Waals surface area contributed by atoms with E-state index in [-0.39, 0.29) is 11.9 Å². The number of Topliss-reactive ketones (excluding diaryl/α,β-unsaturated/α-hetero) is 1. The van der Waals surface area contributed by atoms with E-state index in [9.17, 15) is 4.79 Å². The Morgan fingerprint density at radius 2 is 2.24 bits per heavy atom. The second kappa shape index (κ2) is 5.83. The summed E-state index contributed by atoms with van der Waals surface area (Å²) in [5.74, 6) is 0.0654. The van der Waals surface area contributed by atoms with Crippen LogP contribution in [0.5, 0.6) is 0 Å². The molecule has 1 unspecified atom stereocenters. The number of rotatable bonds is 3. The van der Waals surface area contributed by atoms with Crippen LogP contribution in [-0.2, 0) is 16.0 Å². The largest absolute Gasteiger partial charge is 0.368 e. The molecule has 0 aromatic heterocycles. The third-order valence-electron chi connectivity index (χ3n) is 2.65. The topological polar surface area (TPSA) is 38.3 Å². The number of hydrogen-bond donors (Lipinski definition) is 1. The van der Waals surface area contributed by atoms with E-state index in [2.05, 4.69) is 5.32 Å². The van der Waals surface area contributed by atoms with Gasteiger partial charge >= 0.3 is 0 Å². The van der Waals surface area contributed by atoms with Gasteiger partial charge in [0.15, 0.2) is 5.78 Å². The highest BCUT2D eigenvalue weighted by atomic mass is 35.5. The van der Waals surface area contributed by atoms with Gasteiger partial charge in [-0.05, 0) is 17.7 Å². The van der Waals surface area contributed by atoms with Gasteiger partial charge in [-0.25, -0.2) is 0 Å². The lowest BCUT2D eigenvalue weighted by Gasteiger charge is -2.22. The van der Waals surface area contributed by atoms with Crippen LogP contribution in [0.15, 0.2) is 18.2 Å². The van der Waals surface area contributed by atoms with E-state index in [1.165, 1.54) is 0 Å². The number of ether oxygens (including phenoxy) is 1.